The lowest BCUT2D eigenvalue weighted by Gasteiger charge is -2.04. The zero-order valence-electron chi connectivity index (χ0n) is 16.3. The molecule has 0 heterocycles. The van der Waals surface area contributed by atoms with Crippen molar-refractivity contribution in [2.24, 2.45) is 0 Å². The summed E-state index contributed by atoms with van der Waals surface area (Å²) in [5.74, 6) is 0.0746. The van der Waals surface area contributed by atoms with Gasteiger partial charge in [-0.15, -0.1) is 0 Å². The van der Waals surface area contributed by atoms with Crippen LogP contribution in [0.25, 0.3) is 0 Å². The van der Waals surface area contributed by atoms with Crippen LogP contribution in [0.2, 0.25) is 0 Å². The first-order valence-corrected chi connectivity index (χ1v) is 10.6. The SMILES string of the molecule is CC(C)=CCC/C(C)=C\CC/C(C)=C\CS(=O)(=O)c1ccc(C)cc1. The Balaban J connectivity index is 2.50. The van der Waals surface area contributed by atoms with Crippen molar-refractivity contribution in [1.29, 1.82) is 0 Å². The van der Waals surface area contributed by atoms with Crippen LogP contribution in [0.5, 0.6) is 0 Å². The number of benzene rings is 1. The molecule has 0 aliphatic rings. The van der Waals surface area contributed by atoms with E-state index >= 15 is 0 Å². The van der Waals surface area contributed by atoms with Crippen molar-refractivity contribution in [3.63, 3.8) is 0 Å². The molecule has 0 amide bonds. The normalized spacial score (nSPS) is 13.0. The van der Waals surface area contributed by atoms with Crippen LogP contribution >= 0.6 is 0 Å². The molecule has 0 radical (unpaired) electrons. The van der Waals surface area contributed by atoms with E-state index in [1.807, 2.05) is 32.1 Å². The first-order chi connectivity index (χ1) is 11.7. The molecule has 0 atom stereocenters. The van der Waals surface area contributed by atoms with Gasteiger partial charge in [-0.25, -0.2) is 8.42 Å². The van der Waals surface area contributed by atoms with Crippen LogP contribution in [0, 0.1) is 6.92 Å². The fourth-order valence-electron chi connectivity index (χ4n) is 2.43. The van der Waals surface area contributed by atoms with Gasteiger partial charge in [0.25, 0.3) is 0 Å². The Morgan fingerprint density at radius 3 is 1.92 bits per heavy atom. The lowest BCUT2D eigenvalue weighted by molar-refractivity contribution is 0.599. The highest BCUT2D eigenvalue weighted by molar-refractivity contribution is 7.91. The summed E-state index contributed by atoms with van der Waals surface area (Å²) in [6.07, 6.45) is 10.4. The van der Waals surface area contributed by atoms with E-state index in [1.165, 1.54) is 11.1 Å². The summed E-state index contributed by atoms with van der Waals surface area (Å²) in [5, 5.41) is 0. The number of hydrogen-bond acceptors (Lipinski definition) is 2. The second-order valence-electron chi connectivity index (χ2n) is 7.05. The van der Waals surface area contributed by atoms with Gasteiger partial charge in [0.2, 0.25) is 0 Å². The Morgan fingerprint density at radius 2 is 1.36 bits per heavy atom. The summed E-state index contributed by atoms with van der Waals surface area (Å²) in [4.78, 5) is 0.400. The molecule has 25 heavy (non-hydrogen) atoms. The van der Waals surface area contributed by atoms with Gasteiger partial charge >= 0.3 is 0 Å². The largest absolute Gasteiger partial charge is 0.223 e. The molecule has 0 spiro atoms. The highest BCUT2D eigenvalue weighted by atomic mass is 32.2. The molecule has 0 aliphatic heterocycles. The Kier molecular flexibility index (Phi) is 8.91. The van der Waals surface area contributed by atoms with Crippen LogP contribution in [0.15, 0.2) is 64.1 Å². The fraction of sp³-hybridized carbons (Fsp3) is 0.455. The van der Waals surface area contributed by atoms with Gasteiger partial charge in [0.15, 0.2) is 9.84 Å². The highest BCUT2D eigenvalue weighted by Gasteiger charge is 2.12. The molecule has 1 rings (SSSR count). The number of rotatable bonds is 9. The summed E-state index contributed by atoms with van der Waals surface area (Å²) in [6, 6.07) is 7.05. The first-order valence-electron chi connectivity index (χ1n) is 8.95. The maximum absolute atomic E-state index is 12.3. The monoisotopic (exact) mass is 360 g/mol. The van der Waals surface area contributed by atoms with Crippen molar-refractivity contribution in [3.05, 3.63) is 64.8 Å². The Morgan fingerprint density at radius 1 is 0.840 bits per heavy atom. The average Bonchev–Trinajstić information content (AvgIpc) is 2.53. The maximum Gasteiger partial charge on any atom is 0.181 e. The maximum atomic E-state index is 12.3. The van der Waals surface area contributed by atoms with Crippen molar-refractivity contribution in [2.75, 3.05) is 5.75 Å². The molecule has 1 aromatic carbocycles. The molecule has 1 aromatic rings. The van der Waals surface area contributed by atoms with Crippen LogP contribution < -0.4 is 0 Å². The Hall–Kier alpha value is -1.61. The molecule has 0 aliphatic carbocycles. The third-order valence-corrected chi connectivity index (χ3v) is 5.75. The molecule has 138 valence electrons. The molecule has 2 nitrogen and oxygen atoms in total. The average molecular weight is 361 g/mol. The van der Waals surface area contributed by atoms with Crippen LogP contribution in [-0.2, 0) is 9.84 Å². The van der Waals surface area contributed by atoms with E-state index in [9.17, 15) is 8.42 Å². The van der Waals surface area contributed by atoms with Crippen LogP contribution in [0.4, 0.5) is 0 Å². The smallest absolute Gasteiger partial charge is 0.181 e. The van der Waals surface area contributed by atoms with E-state index in [4.69, 9.17) is 0 Å². The quantitative estimate of drug-likeness (QED) is 0.492. The van der Waals surface area contributed by atoms with E-state index in [0.29, 0.717) is 4.90 Å². The molecule has 0 aromatic heterocycles. The minimum atomic E-state index is -3.23. The molecule has 0 bridgehead atoms. The minimum absolute atomic E-state index is 0.0746. The number of aryl methyl sites for hydroxylation is 1. The topological polar surface area (TPSA) is 34.1 Å². The summed E-state index contributed by atoms with van der Waals surface area (Å²) >= 11 is 0. The summed E-state index contributed by atoms with van der Waals surface area (Å²) in [7, 11) is -3.23. The molecular weight excluding hydrogens is 328 g/mol. The van der Waals surface area contributed by atoms with Gasteiger partial charge in [-0.3, -0.25) is 0 Å². The Bertz CT molecular complexity index is 729. The molecule has 0 unspecified atom stereocenters. The van der Waals surface area contributed by atoms with E-state index in [2.05, 4.69) is 32.9 Å². The molecular formula is C22H32O2S. The second kappa shape index (κ2) is 10.4. The van der Waals surface area contributed by atoms with Gasteiger partial charge in [0, 0.05) is 0 Å². The molecule has 3 heteroatoms. The van der Waals surface area contributed by atoms with Gasteiger partial charge < -0.3 is 0 Å². The van der Waals surface area contributed by atoms with Crippen molar-refractivity contribution >= 4 is 9.84 Å². The lowest BCUT2D eigenvalue weighted by atomic mass is 10.1. The standard InChI is InChI=1S/C22H32O2S/c1-18(2)8-6-9-19(3)10-7-11-20(4)16-17-25(23,24)22-14-12-21(5)13-15-22/h8,10,12-16H,6-7,9,11,17H2,1-5H3/b19-10-,20-16-. The highest BCUT2D eigenvalue weighted by Crippen LogP contribution is 2.15. The van der Waals surface area contributed by atoms with E-state index in [-0.39, 0.29) is 5.75 Å². The van der Waals surface area contributed by atoms with Crippen LogP contribution in [0.3, 0.4) is 0 Å². The molecule has 0 saturated carbocycles. The van der Waals surface area contributed by atoms with E-state index in [1.54, 1.807) is 12.1 Å². The van der Waals surface area contributed by atoms with Gasteiger partial charge in [0.05, 0.1) is 10.6 Å². The van der Waals surface area contributed by atoms with Crippen molar-refractivity contribution in [3.8, 4) is 0 Å². The van der Waals surface area contributed by atoms with Gasteiger partial charge in [0.1, 0.15) is 0 Å². The van der Waals surface area contributed by atoms with Crippen LogP contribution in [-0.4, -0.2) is 14.2 Å². The third kappa shape index (κ3) is 8.87. The van der Waals surface area contributed by atoms with Crippen LogP contribution in [0.1, 0.15) is 58.9 Å². The lowest BCUT2D eigenvalue weighted by Crippen LogP contribution is -2.05. The number of allylic oxidation sites excluding steroid dienone is 5. The minimum Gasteiger partial charge on any atom is -0.223 e. The summed E-state index contributed by atoms with van der Waals surface area (Å²) < 4.78 is 24.7. The number of hydrogen-bond donors (Lipinski definition) is 0. The third-order valence-electron chi connectivity index (χ3n) is 4.15. The van der Waals surface area contributed by atoms with Gasteiger partial charge in [-0.05, 0) is 72.4 Å². The first kappa shape index (κ1) is 21.4. The van der Waals surface area contributed by atoms with Gasteiger partial charge in [-0.1, -0.05) is 52.6 Å². The Labute approximate surface area is 154 Å². The van der Waals surface area contributed by atoms with E-state index in [0.717, 1.165) is 36.8 Å². The summed E-state index contributed by atoms with van der Waals surface area (Å²) in [5.41, 5.74) is 4.96. The predicted molar refractivity (Wildman–Crippen MR) is 109 cm³/mol. The molecule has 0 saturated heterocycles. The number of sulfone groups is 1. The summed E-state index contributed by atoms with van der Waals surface area (Å²) in [6.45, 7) is 10.4. The van der Waals surface area contributed by atoms with Crippen molar-refractivity contribution in [2.45, 2.75) is 65.2 Å². The van der Waals surface area contributed by atoms with Gasteiger partial charge in [-0.2, -0.15) is 0 Å². The fourth-order valence-corrected chi connectivity index (χ4v) is 3.68. The zero-order chi connectivity index (χ0) is 18.9. The molecule has 0 N–H and O–H groups in total. The van der Waals surface area contributed by atoms with Crippen molar-refractivity contribution < 1.29 is 8.42 Å². The second-order valence-corrected chi connectivity index (χ2v) is 9.09. The molecule has 0 fully saturated rings. The van der Waals surface area contributed by atoms with E-state index < -0.39 is 9.84 Å². The predicted octanol–water partition coefficient (Wildman–Crippen LogP) is 6.19. The van der Waals surface area contributed by atoms with Crippen molar-refractivity contribution in [1.82, 2.24) is 0 Å². The zero-order valence-corrected chi connectivity index (χ0v) is 17.1.